The summed E-state index contributed by atoms with van der Waals surface area (Å²) in [5, 5.41) is 13.0. The highest BCUT2D eigenvalue weighted by molar-refractivity contribution is 5.35. The summed E-state index contributed by atoms with van der Waals surface area (Å²) < 4.78 is 0. The Hall–Kier alpha value is -2.59. The number of phenolic OH excluding ortho intramolecular Hbond substituents is 1. The third-order valence-corrected chi connectivity index (χ3v) is 3.39. The molecule has 2 aromatic carbocycles. The Morgan fingerprint density at radius 3 is 2.38 bits per heavy atom. The third-order valence-electron chi connectivity index (χ3n) is 3.39. The van der Waals surface area contributed by atoms with Crippen LogP contribution in [0.2, 0.25) is 0 Å². The van der Waals surface area contributed by atoms with Crippen LogP contribution in [0.5, 0.6) is 5.75 Å². The number of hydrogen-bond acceptors (Lipinski definition) is 3. The minimum Gasteiger partial charge on any atom is -0.508 e. The van der Waals surface area contributed by atoms with Crippen molar-refractivity contribution in [1.82, 2.24) is 15.3 Å². The fraction of sp³-hybridized carbons (Fsp3) is 0.118. The maximum Gasteiger partial charge on any atom is 0.120 e. The van der Waals surface area contributed by atoms with E-state index in [0.29, 0.717) is 6.54 Å². The molecule has 1 unspecified atom stereocenters. The van der Waals surface area contributed by atoms with E-state index in [1.54, 1.807) is 18.3 Å². The molecule has 0 radical (unpaired) electrons. The number of nitrogens with one attached hydrogen (secondary N) is 2. The molecule has 0 aliphatic heterocycles. The average molecular weight is 279 g/mol. The van der Waals surface area contributed by atoms with Gasteiger partial charge < -0.3 is 10.1 Å². The fourth-order valence-electron chi connectivity index (χ4n) is 2.33. The summed E-state index contributed by atoms with van der Waals surface area (Å²) >= 11 is 0. The zero-order valence-electron chi connectivity index (χ0n) is 11.5. The summed E-state index contributed by atoms with van der Waals surface area (Å²) in [5.74, 6) is 1.17. The Labute approximate surface area is 123 Å². The first-order valence-corrected chi connectivity index (χ1v) is 6.88. The number of hydrogen-bond donors (Lipinski definition) is 3. The van der Waals surface area contributed by atoms with Gasteiger partial charge in [0.2, 0.25) is 0 Å². The lowest BCUT2D eigenvalue weighted by Gasteiger charge is -2.19. The van der Waals surface area contributed by atoms with Gasteiger partial charge in [-0.3, -0.25) is 5.32 Å². The van der Waals surface area contributed by atoms with Gasteiger partial charge in [-0.2, -0.15) is 0 Å². The monoisotopic (exact) mass is 279 g/mol. The average Bonchev–Trinajstić information content (AvgIpc) is 3.04. The number of aromatic amines is 1. The number of aromatic hydroxyl groups is 1. The number of aromatic nitrogens is 2. The molecule has 0 saturated carbocycles. The lowest BCUT2D eigenvalue weighted by molar-refractivity contribution is 0.474. The molecule has 4 nitrogen and oxygen atoms in total. The summed E-state index contributed by atoms with van der Waals surface area (Å²) in [4.78, 5) is 7.32. The molecule has 0 aliphatic carbocycles. The fourth-order valence-corrected chi connectivity index (χ4v) is 2.33. The Bertz CT molecular complexity index is 663. The molecule has 0 spiro atoms. The van der Waals surface area contributed by atoms with E-state index < -0.39 is 0 Å². The molecule has 0 fully saturated rings. The normalized spacial score (nSPS) is 12.2. The first-order valence-electron chi connectivity index (χ1n) is 6.88. The first kappa shape index (κ1) is 13.4. The van der Waals surface area contributed by atoms with E-state index in [2.05, 4.69) is 27.4 Å². The van der Waals surface area contributed by atoms with Gasteiger partial charge in [0.1, 0.15) is 11.6 Å². The predicted octanol–water partition coefficient (Wildman–Crippen LogP) is 2.99. The van der Waals surface area contributed by atoms with E-state index in [9.17, 15) is 5.11 Å². The van der Waals surface area contributed by atoms with Crippen molar-refractivity contribution in [2.45, 2.75) is 12.6 Å². The zero-order valence-corrected chi connectivity index (χ0v) is 11.5. The zero-order chi connectivity index (χ0) is 14.5. The third kappa shape index (κ3) is 3.30. The van der Waals surface area contributed by atoms with Crippen LogP contribution in [0.25, 0.3) is 0 Å². The standard InChI is InChI=1S/C17H17N3O/c21-15-8-6-14(7-9-15)17(13-4-2-1-3-5-13)20-12-16-18-10-11-19-16/h1-11,17,20-21H,12H2,(H,18,19). The molecule has 1 atom stereocenters. The number of rotatable bonds is 5. The van der Waals surface area contributed by atoms with E-state index in [-0.39, 0.29) is 11.8 Å². The summed E-state index contributed by atoms with van der Waals surface area (Å²) in [5.41, 5.74) is 2.28. The van der Waals surface area contributed by atoms with Crippen molar-refractivity contribution in [1.29, 1.82) is 0 Å². The molecule has 1 aromatic heterocycles. The maximum absolute atomic E-state index is 9.45. The van der Waals surface area contributed by atoms with Crippen LogP contribution in [0.1, 0.15) is 23.0 Å². The Morgan fingerprint density at radius 2 is 1.71 bits per heavy atom. The van der Waals surface area contributed by atoms with Crippen LogP contribution in [0.4, 0.5) is 0 Å². The molecule has 0 amide bonds. The molecule has 4 heteroatoms. The number of benzene rings is 2. The molecular weight excluding hydrogens is 262 g/mol. The second-order valence-corrected chi connectivity index (χ2v) is 4.85. The van der Waals surface area contributed by atoms with Gasteiger partial charge in [-0.05, 0) is 23.3 Å². The second-order valence-electron chi connectivity index (χ2n) is 4.85. The van der Waals surface area contributed by atoms with Gasteiger partial charge in [-0.15, -0.1) is 0 Å². The minimum atomic E-state index is 0.0527. The second kappa shape index (κ2) is 6.24. The van der Waals surface area contributed by atoms with Crippen molar-refractivity contribution in [3.63, 3.8) is 0 Å². The van der Waals surface area contributed by atoms with Gasteiger partial charge in [0.15, 0.2) is 0 Å². The molecule has 0 bridgehead atoms. The molecule has 21 heavy (non-hydrogen) atoms. The molecule has 1 heterocycles. The van der Waals surface area contributed by atoms with E-state index in [0.717, 1.165) is 11.4 Å². The maximum atomic E-state index is 9.45. The largest absolute Gasteiger partial charge is 0.508 e. The van der Waals surface area contributed by atoms with Gasteiger partial charge in [0, 0.05) is 12.4 Å². The molecule has 3 aromatic rings. The smallest absolute Gasteiger partial charge is 0.120 e. The van der Waals surface area contributed by atoms with Crippen LogP contribution in [0.3, 0.4) is 0 Å². The summed E-state index contributed by atoms with van der Waals surface area (Å²) in [6, 6.07) is 17.6. The van der Waals surface area contributed by atoms with Gasteiger partial charge >= 0.3 is 0 Å². The van der Waals surface area contributed by atoms with Crippen molar-refractivity contribution in [2.75, 3.05) is 0 Å². The SMILES string of the molecule is Oc1ccc(C(NCc2ncc[nH]2)c2ccccc2)cc1. The van der Waals surface area contributed by atoms with Crippen LogP contribution < -0.4 is 5.32 Å². The van der Waals surface area contributed by atoms with Gasteiger partial charge in [0.05, 0.1) is 12.6 Å². The molecule has 3 rings (SSSR count). The number of nitrogens with zero attached hydrogens (tertiary/aromatic N) is 1. The van der Waals surface area contributed by atoms with Crippen LogP contribution in [0.15, 0.2) is 67.0 Å². The first-order chi connectivity index (χ1) is 10.3. The number of H-pyrrole nitrogens is 1. The molecule has 106 valence electrons. The Balaban J connectivity index is 1.85. The van der Waals surface area contributed by atoms with Crippen LogP contribution >= 0.6 is 0 Å². The van der Waals surface area contributed by atoms with E-state index in [1.165, 1.54) is 5.56 Å². The van der Waals surface area contributed by atoms with Gasteiger partial charge in [-0.1, -0.05) is 42.5 Å². The number of phenols is 1. The lowest BCUT2D eigenvalue weighted by Crippen LogP contribution is -2.22. The van der Waals surface area contributed by atoms with E-state index in [4.69, 9.17) is 0 Å². The van der Waals surface area contributed by atoms with Crippen LogP contribution in [-0.4, -0.2) is 15.1 Å². The molecular formula is C17H17N3O. The Morgan fingerprint density at radius 1 is 1.00 bits per heavy atom. The topological polar surface area (TPSA) is 60.9 Å². The van der Waals surface area contributed by atoms with Crippen LogP contribution in [0, 0.1) is 0 Å². The summed E-state index contributed by atoms with van der Waals surface area (Å²) in [7, 11) is 0. The van der Waals surface area contributed by atoms with Gasteiger partial charge in [-0.25, -0.2) is 4.98 Å². The Kier molecular flexibility index (Phi) is 3.98. The minimum absolute atomic E-state index is 0.0527. The van der Waals surface area contributed by atoms with Gasteiger partial charge in [0.25, 0.3) is 0 Å². The number of imidazole rings is 1. The molecule has 0 aliphatic rings. The quantitative estimate of drug-likeness (QED) is 0.673. The van der Waals surface area contributed by atoms with Crippen molar-refractivity contribution in [3.05, 3.63) is 83.9 Å². The highest BCUT2D eigenvalue weighted by atomic mass is 16.3. The van der Waals surface area contributed by atoms with Crippen molar-refractivity contribution < 1.29 is 5.11 Å². The summed E-state index contributed by atoms with van der Waals surface area (Å²) in [6.45, 7) is 0.646. The predicted molar refractivity (Wildman–Crippen MR) is 81.8 cm³/mol. The van der Waals surface area contributed by atoms with E-state index in [1.807, 2.05) is 36.5 Å². The van der Waals surface area contributed by atoms with Crippen molar-refractivity contribution in [2.24, 2.45) is 0 Å². The molecule has 0 saturated heterocycles. The van der Waals surface area contributed by atoms with Crippen LogP contribution in [-0.2, 0) is 6.54 Å². The lowest BCUT2D eigenvalue weighted by atomic mass is 9.98. The van der Waals surface area contributed by atoms with Crippen molar-refractivity contribution in [3.8, 4) is 5.75 Å². The molecule has 3 N–H and O–H groups in total. The summed E-state index contributed by atoms with van der Waals surface area (Å²) in [6.07, 6.45) is 3.56. The highest BCUT2D eigenvalue weighted by Crippen LogP contribution is 2.24. The van der Waals surface area contributed by atoms with Crippen molar-refractivity contribution >= 4 is 0 Å². The van der Waals surface area contributed by atoms with E-state index >= 15 is 0 Å². The highest BCUT2D eigenvalue weighted by Gasteiger charge is 2.13.